The Morgan fingerprint density at radius 3 is 1.74 bits per heavy atom. The van der Waals surface area contributed by atoms with E-state index in [-0.39, 0.29) is 43.3 Å². The van der Waals surface area contributed by atoms with Gasteiger partial charge in [0.1, 0.15) is 59.1 Å². The first-order valence-corrected chi connectivity index (χ1v) is 21.7. The Labute approximate surface area is 393 Å². The van der Waals surface area contributed by atoms with Crippen LogP contribution in [0.3, 0.4) is 0 Å². The van der Waals surface area contributed by atoms with E-state index in [0.29, 0.717) is 29.3 Å². The maximum atomic E-state index is 13.7. The number of anilines is 2. The molecule has 4 heterocycles. The molecular formula is C49H49F6N7O7. The number of halogens is 6. The van der Waals surface area contributed by atoms with Crippen molar-refractivity contribution in [1.29, 1.82) is 0 Å². The van der Waals surface area contributed by atoms with Crippen LogP contribution in [0.15, 0.2) is 109 Å². The lowest BCUT2D eigenvalue weighted by atomic mass is 10.1. The summed E-state index contributed by atoms with van der Waals surface area (Å²) in [5.41, 5.74) is 1.93. The maximum Gasteiger partial charge on any atom is 0.433 e. The molecule has 4 aromatic carbocycles. The number of amides is 2. The average Bonchev–Trinajstić information content (AvgIpc) is 4.14. The van der Waals surface area contributed by atoms with Gasteiger partial charge in [-0.1, -0.05) is 36.4 Å². The summed E-state index contributed by atoms with van der Waals surface area (Å²) in [7, 11) is 2.58. The fourth-order valence-corrected chi connectivity index (χ4v) is 7.59. The zero-order chi connectivity index (χ0) is 49.7. The lowest BCUT2D eigenvalue weighted by Gasteiger charge is -2.32. The number of para-hydroxylation sites is 2. The van der Waals surface area contributed by atoms with E-state index in [1.807, 2.05) is 12.1 Å². The van der Waals surface area contributed by atoms with Gasteiger partial charge in [-0.05, 0) is 118 Å². The van der Waals surface area contributed by atoms with E-state index < -0.39 is 53.4 Å². The number of nitrogens with one attached hydrogen (secondary N) is 1. The Balaban J connectivity index is 0.000000229. The summed E-state index contributed by atoms with van der Waals surface area (Å²) in [5, 5.41) is 11.5. The van der Waals surface area contributed by atoms with Crippen molar-refractivity contribution in [1.82, 2.24) is 24.5 Å². The van der Waals surface area contributed by atoms with Crippen LogP contribution in [0.25, 0.3) is 11.4 Å². The highest BCUT2D eigenvalue weighted by atomic mass is 19.4. The number of alkyl halides is 6. The third kappa shape index (κ3) is 12.2. The molecule has 8 rings (SSSR count). The molecular weight excluding hydrogens is 913 g/mol. The van der Waals surface area contributed by atoms with Crippen LogP contribution in [0, 0.1) is 0 Å². The number of benzene rings is 4. The number of ether oxygens (including phenoxy) is 4. The third-order valence-electron chi connectivity index (χ3n) is 10.9. The second-order valence-corrected chi connectivity index (χ2v) is 17.0. The quantitative estimate of drug-likeness (QED) is 0.0931. The van der Waals surface area contributed by atoms with Crippen molar-refractivity contribution >= 4 is 29.3 Å². The Bertz CT molecular complexity index is 2770. The van der Waals surface area contributed by atoms with Crippen LogP contribution in [0.1, 0.15) is 61.1 Å². The smallest absolute Gasteiger partial charge is 0.433 e. The number of likely N-dealkylation sites (N-methyl/N-ethyl adjacent to an activating group) is 1. The lowest BCUT2D eigenvalue weighted by molar-refractivity contribution is -0.144. The van der Waals surface area contributed by atoms with Crippen molar-refractivity contribution in [3.05, 3.63) is 143 Å². The number of carbonyl (C=O) groups is 3. The number of nitrogens with zero attached hydrogens (tertiary/aromatic N) is 6. The Kier molecular flexibility index (Phi) is 14.6. The van der Waals surface area contributed by atoms with Gasteiger partial charge >= 0.3 is 24.4 Å². The molecule has 0 fully saturated rings. The third-order valence-corrected chi connectivity index (χ3v) is 10.9. The van der Waals surface area contributed by atoms with Crippen molar-refractivity contribution in [3.8, 4) is 22.9 Å². The molecule has 2 amide bonds. The highest BCUT2D eigenvalue weighted by Crippen LogP contribution is 2.36. The minimum atomic E-state index is -4.62. The molecule has 1 N–H and O–H groups in total. The van der Waals surface area contributed by atoms with Crippen LogP contribution in [-0.4, -0.2) is 81.3 Å². The molecule has 69 heavy (non-hydrogen) atoms. The molecule has 6 aromatic rings. The molecule has 20 heteroatoms. The van der Waals surface area contributed by atoms with Gasteiger partial charge in [0.2, 0.25) is 0 Å². The van der Waals surface area contributed by atoms with Crippen molar-refractivity contribution < 1.29 is 59.7 Å². The lowest BCUT2D eigenvalue weighted by Crippen LogP contribution is -2.51. The molecule has 1 atom stereocenters. The zero-order valence-corrected chi connectivity index (χ0v) is 38.2. The average molecular weight is 962 g/mol. The molecule has 0 radical (unpaired) electrons. The number of carbonyl (C=O) groups excluding carboxylic acids is 3. The number of fused-ring (bicyclic) bond motifs is 2. The zero-order valence-electron chi connectivity index (χ0n) is 38.2. The van der Waals surface area contributed by atoms with E-state index in [9.17, 15) is 40.7 Å². The summed E-state index contributed by atoms with van der Waals surface area (Å²) in [6.07, 6.45) is -8.88. The highest BCUT2D eigenvalue weighted by molar-refractivity contribution is 6.02. The first-order valence-electron chi connectivity index (χ1n) is 21.7. The van der Waals surface area contributed by atoms with Crippen molar-refractivity contribution in [2.75, 3.05) is 37.5 Å². The second kappa shape index (κ2) is 20.4. The van der Waals surface area contributed by atoms with Crippen LogP contribution >= 0.6 is 0 Å². The highest BCUT2D eigenvalue weighted by Gasteiger charge is 2.39. The molecule has 0 saturated heterocycles. The molecule has 0 aliphatic carbocycles. The predicted molar refractivity (Wildman–Crippen MR) is 241 cm³/mol. The Morgan fingerprint density at radius 2 is 1.23 bits per heavy atom. The van der Waals surface area contributed by atoms with E-state index in [0.717, 1.165) is 56.2 Å². The molecule has 0 bridgehead atoms. The number of hydrogen-bond donors (Lipinski definition) is 1. The normalized spacial score (nSPS) is 13.6. The number of esters is 1. The van der Waals surface area contributed by atoms with Gasteiger partial charge in [0, 0.05) is 31.5 Å². The van der Waals surface area contributed by atoms with E-state index in [4.69, 9.17) is 18.9 Å². The van der Waals surface area contributed by atoms with Crippen LogP contribution in [0.4, 0.5) is 42.5 Å². The molecule has 0 spiro atoms. The SMILES string of the molecule is COC(=O)C[C@H](C(=O)N1CCc2cc(OCc3cc(C(F)(F)F)n(-c4ccccc4)n3)ccc21)N(C)C(=O)OC(C)(C)C.FC(F)(F)c1cc(COc2ccc3c(c2)CCN3)nn1-c1ccccc1. The van der Waals surface area contributed by atoms with Crippen molar-refractivity contribution in [3.63, 3.8) is 0 Å². The van der Waals surface area contributed by atoms with Gasteiger partial charge < -0.3 is 29.2 Å². The number of rotatable bonds is 12. The minimum absolute atomic E-state index is 0.0326. The Morgan fingerprint density at radius 1 is 0.710 bits per heavy atom. The van der Waals surface area contributed by atoms with E-state index >= 15 is 0 Å². The summed E-state index contributed by atoms with van der Waals surface area (Å²) in [5.74, 6) is -0.152. The topological polar surface area (TPSA) is 142 Å². The van der Waals surface area contributed by atoms with Gasteiger partial charge in [-0.3, -0.25) is 14.5 Å². The molecule has 2 aliphatic heterocycles. The molecule has 14 nitrogen and oxygen atoms in total. The van der Waals surface area contributed by atoms with Gasteiger partial charge in [-0.25, -0.2) is 14.2 Å². The van der Waals surface area contributed by atoms with Crippen LogP contribution in [-0.2, 0) is 57.5 Å². The molecule has 0 saturated carbocycles. The fraction of sp³-hybridized carbons (Fsp3) is 0.327. The monoisotopic (exact) mass is 961 g/mol. The van der Waals surface area contributed by atoms with Crippen LogP contribution < -0.4 is 19.7 Å². The van der Waals surface area contributed by atoms with E-state index in [2.05, 4.69) is 15.5 Å². The van der Waals surface area contributed by atoms with Crippen LogP contribution in [0.5, 0.6) is 11.5 Å². The van der Waals surface area contributed by atoms with Gasteiger partial charge in [0.25, 0.3) is 5.91 Å². The number of hydrogen-bond acceptors (Lipinski definition) is 10. The summed E-state index contributed by atoms with van der Waals surface area (Å²) in [6.45, 7) is 5.99. The standard InChI is InChI=1S/C30H33F3N4O6.C19H16F3N3O/c1-29(2,3)43-28(40)35(4)24(17-26(38)41-5)27(39)36-14-13-19-15-22(11-12-23(19)36)42-18-20-16-25(30(31,32)33)37(34-20)21-9-7-6-8-10-21;20-19(21,22)18-11-14(24-25(18)15-4-2-1-3-5-15)12-26-16-6-7-17-13(10-16)8-9-23-17/h6-12,15-16,24H,13-14,17-18H2,1-5H3;1-7,10-11,23H,8-9,12H2/t24-;/m1./s1. The number of methoxy groups -OCH3 is 1. The second-order valence-electron chi connectivity index (χ2n) is 17.0. The largest absolute Gasteiger partial charge is 0.487 e. The van der Waals surface area contributed by atoms with Crippen LogP contribution in [0.2, 0.25) is 0 Å². The molecule has 0 unspecified atom stereocenters. The first kappa shape index (κ1) is 49.4. The van der Waals surface area contributed by atoms with Gasteiger partial charge in [-0.15, -0.1) is 0 Å². The summed E-state index contributed by atoms with van der Waals surface area (Å²) in [4.78, 5) is 41.1. The molecule has 2 aromatic heterocycles. The van der Waals surface area contributed by atoms with Gasteiger partial charge in [0.05, 0.1) is 24.9 Å². The fourth-order valence-electron chi connectivity index (χ4n) is 7.59. The number of aromatic nitrogens is 4. The van der Waals surface area contributed by atoms with Crippen molar-refractivity contribution in [2.45, 2.75) is 77.2 Å². The summed E-state index contributed by atoms with van der Waals surface area (Å²) in [6, 6.07) is 27.6. The molecule has 2 aliphatic rings. The van der Waals surface area contributed by atoms with Gasteiger partial charge in [0.15, 0.2) is 0 Å². The maximum absolute atomic E-state index is 13.7. The summed E-state index contributed by atoms with van der Waals surface area (Å²) >= 11 is 0. The summed E-state index contributed by atoms with van der Waals surface area (Å²) < 4.78 is 104. The van der Waals surface area contributed by atoms with Gasteiger partial charge in [-0.2, -0.15) is 36.5 Å². The first-order chi connectivity index (χ1) is 32.7. The Hall–Kier alpha value is -7.51. The van der Waals surface area contributed by atoms with E-state index in [1.165, 1.54) is 31.2 Å². The van der Waals surface area contributed by atoms with Crippen molar-refractivity contribution in [2.24, 2.45) is 0 Å². The minimum Gasteiger partial charge on any atom is -0.487 e. The predicted octanol–water partition coefficient (Wildman–Crippen LogP) is 9.60. The van der Waals surface area contributed by atoms with E-state index in [1.54, 1.807) is 93.6 Å². The molecule has 364 valence electrons.